The van der Waals surface area contributed by atoms with Crippen molar-refractivity contribution in [1.82, 2.24) is 14.2 Å². The average Bonchev–Trinajstić information content (AvgIpc) is 2.96. The van der Waals surface area contributed by atoms with E-state index in [0.717, 1.165) is 17.8 Å². The molecule has 0 saturated carbocycles. The van der Waals surface area contributed by atoms with E-state index in [1.165, 1.54) is 21.7 Å². The molecular weight excluding hydrogens is 360 g/mol. The maximum atomic E-state index is 12.8. The summed E-state index contributed by atoms with van der Waals surface area (Å²) in [5.41, 5.74) is 0.665. The first-order chi connectivity index (χ1) is 11.9. The monoisotopic (exact) mass is 380 g/mol. The summed E-state index contributed by atoms with van der Waals surface area (Å²) in [5.74, 6) is -0.258. The molecule has 0 atom stereocenters. The molecule has 3 rings (SSSR count). The van der Waals surface area contributed by atoms with Crippen molar-refractivity contribution in [2.45, 2.75) is 11.8 Å². The predicted octanol–water partition coefficient (Wildman–Crippen LogP) is 1.75. The van der Waals surface area contributed by atoms with Gasteiger partial charge in [0.2, 0.25) is 15.9 Å². The third kappa shape index (κ3) is 3.90. The van der Waals surface area contributed by atoms with E-state index in [2.05, 4.69) is 15.2 Å². The molecule has 1 aromatic heterocycles. The quantitative estimate of drug-likeness (QED) is 0.817. The van der Waals surface area contributed by atoms with Gasteiger partial charge < -0.3 is 4.90 Å². The molecule has 1 amide bonds. The summed E-state index contributed by atoms with van der Waals surface area (Å²) in [7, 11) is -1.53. The van der Waals surface area contributed by atoms with Crippen LogP contribution in [0.25, 0.3) is 10.2 Å². The molecule has 1 aromatic carbocycles. The second-order valence-electron chi connectivity index (χ2n) is 5.85. The van der Waals surface area contributed by atoms with Crippen LogP contribution < -0.4 is 5.32 Å². The molecule has 9 heteroatoms. The molecule has 0 bridgehead atoms. The lowest BCUT2D eigenvalue weighted by Gasteiger charge is -2.31. The number of carbonyl (C=O) groups excluding carboxylic acids is 1. The molecule has 0 unspecified atom stereocenters. The molecule has 134 valence electrons. The number of benzene rings is 1. The van der Waals surface area contributed by atoms with Gasteiger partial charge in [0.05, 0.1) is 15.1 Å². The largest absolute Gasteiger partial charge is 0.304 e. The van der Waals surface area contributed by atoms with E-state index >= 15 is 0 Å². The Morgan fingerprint density at radius 1 is 1.28 bits per heavy atom. The molecule has 0 radical (unpaired) electrons. The van der Waals surface area contributed by atoms with Crippen LogP contribution in [0, 0.1) is 0 Å². The van der Waals surface area contributed by atoms with Crippen molar-refractivity contribution in [3.63, 3.8) is 0 Å². The highest BCUT2D eigenvalue weighted by Crippen LogP contribution is 2.29. The maximum absolute atomic E-state index is 12.8. The van der Waals surface area contributed by atoms with Crippen LogP contribution in [-0.4, -0.2) is 61.7 Å². The Bertz CT molecular complexity index is 913. The van der Waals surface area contributed by atoms with E-state index in [4.69, 9.17) is 0 Å². The van der Waals surface area contributed by atoms with Gasteiger partial charge >= 0.3 is 0 Å². The van der Waals surface area contributed by atoms with E-state index in [0.29, 0.717) is 23.7 Å². The molecular formula is C16H20N4O3S2. The molecule has 1 N–H and O–H groups in total. The number of anilines is 1. The first-order valence-electron chi connectivity index (χ1n) is 7.93. The van der Waals surface area contributed by atoms with Crippen LogP contribution in [0.15, 0.2) is 35.2 Å². The molecule has 2 aromatic rings. The summed E-state index contributed by atoms with van der Waals surface area (Å²) in [6.07, 6.45) is 3.05. The highest BCUT2D eigenvalue weighted by Gasteiger charge is 2.27. The van der Waals surface area contributed by atoms with E-state index in [-0.39, 0.29) is 10.8 Å². The van der Waals surface area contributed by atoms with Gasteiger partial charge in [-0.25, -0.2) is 13.4 Å². The highest BCUT2D eigenvalue weighted by atomic mass is 32.2. The molecule has 1 aliphatic rings. The number of likely N-dealkylation sites (N-methyl/N-ethyl adjacent to an activating group) is 1. The topological polar surface area (TPSA) is 82.6 Å². The number of piperazine rings is 1. The summed E-state index contributed by atoms with van der Waals surface area (Å²) in [4.78, 5) is 18.3. The normalized spacial score (nSPS) is 17.4. The van der Waals surface area contributed by atoms with E-state index in [9.17, 15) is 13.2 Å². The summed E-state index contributed by atoms with van der Waals surface area (Å²) >= 11 is 1.26. The van der Waals surface area contributed by atoms with E-state index in [1.807, 2.05) is 7.05 Å². The molecule has 0 spiro atoms. The van der Waals surface area contributed by atoms with Crippen LogP contribution in [0.2, 0.25) is 0 Å². The SMILES string of the molecule is C/C=C/C(=O)Nc1nc2ccc(S(=O)(=O)N3CCN(C)CC3)cc2s1. The molecule has 1 aliphatic heterocycles. The summed E-state index contributed by atoms with van der Waals surface area (Å²) < 4.78 is 27.9. The van der Waals surface area contributed by atoms with Crippen LogP contribution in [0.3, 0.4) is 0 Å². The summed E-state index contributed by atoms with van der Waals surface area (Å²) in [6, 6.07) is 4.89. The van der Waals surface area contributed by atoms with Crippen LogP contribution in [0.4, 0.5) is 5.13 Å². The van der Waals surface area contributed by atoms with E-state index < -0.39 is 10.0 Å². The lowest BCUT2D eigenvalue weighted by atomic mass is 10.3. The Kier molecular flexibility index (Phi) is 5.19. The van der Waals surface area contributed by atoms with Crippen molar-refractivity contribution >= 4 is 42.6 Å². The number of rotatable bonds is 4. The van der Waals surface area contributed by atoms with Crippen LogP contribution in [0.5, 0.6) is 0 Å². The number of nitrogens with zero attached hydrogens (tertiary/aromatic N) is 3. The average molecular weight is 380 g/mol. The van der Waals surface area contributed by atoms with Crippen molar-refractivity contribution in [3.05, 3.63) is 30.4 Å². The predicted molar refractivity (Wildman–Crippen MR) is 99.3 cm³/mol. The van der Waals surface area contributed by atoms with Gasteiger partial charge in [-0.1, -0.05) is 17.4 Å². The van der Waals surface area contributed by atoms with Gasteiger partial charge in [0.1, 0.15) is 0 Å². The number of hydrogen-bond donors (Lipinski definition) is 1. The smallest absolute Gasteiger partial charge is 0.249 e. The lowest BCUT2D eigenvalue weighted by Crippen LogP contribution is -2.46. The second-order valence-corrected chi connectivity index (χ2v) is 8.81. The Labute approximate surface area is 151 Å². The number of carbonyl (C=O) groups is 1. The maximum Gasteiger partial charge on any atom is 0.249 e. The minimum atomic E-state index is -3.51. The number of hydrogen-bond acceptors (Lipinski definition) is 6. The fourth-order valence-electron chi connectivity index (χ4n) is 2.59. The molecule has 2 heterocycles. The standard InChI is InChI=1S/C16H20N4O3S2/c1-3-4-15(21)18-16-17-13-6-5-12(11-14(13)24-16)25(22,23)20-9-7-19(2)8-10-20/h3-6,11H,7-10H2,1-2H3,(H,17,18,21)/b4-3+. The highest BCUT2D eigenvalue weighted by molar-refractivity contribution is 7.89. The van der Waals surface area contributed by atoms with Gasteiger partial charge in [0.15, 0.2) is 5.13 Å². The van der Waals surface area contributed by atoms with E-state index in [1.54, 1.807) is 31.2 Å². The summed E-state index contributed by atoms with van der Waals surface area (Å²) in [6.45, 7) is 4.19. The van der Waals surface area contributed by atoms with Crippen LogP contribution in [0.1, 0.15) is 6.92 Å². The van der Waals surface area contributed by atoms with Crippen LogP contribution in [-0.2, 0) is 14.8 Å². The first kappa shape index (κ1) is 18.0. The molecule has 1 fully saturated rings. The zero-order valence-electron chi connectivity index (χ0n) is 14.1. The second kappa shape index (κ2) is 7.20. The molecule has 1 saturated heterocycles. The Balaban J connectivity index is 1.86. The van der Waals surface area contributed by atoms with Crippen molar-refractivity contribution in [3.8, 4) is 0 Å². The fraction of sp³-hybridized carbons (Fsp3) is 0.375. The van der Waals surface area contributed by atoms with Gasteiger partial charge in [-0.05, 0) is 38.2 Å². The van der Waals surface area contributed by atoms with Gasteiger partial charge in [-0.3, -0.25) is 10.1 Å². The number of allylic oxidation sites excluding steroid dienone is 1. The Hall–Kier alpha value is -1.81. The van der Waals surface area contributed by atoms with Gasteiger partial charge in [0, 0.05) is 26.2 Å². The number of fused-ring (bicyclic) bond motifs is 1. The first-order valence-corrected chi connectivity index (χ1v) is 10.2. The molecule has 7 nitrogen and oxygen atoms in total. The van der Waals surface area contributed by atoms with Crippen molar-refractivity contribution in [2.24, 2.45) is 0 Å². The van der Waals surface area contributed by atoms with Gasteiger partial charge in [0.25, 0.3) is 0 Å². The van der Waals surface area contributed by atoms with Crippen molar-refractivity contribution in [2.75, 3.05) is 38.5 Å². The molecule has 0 aliphatic carbocycles. The Morgan fingerprint density at radius 2 is 2.00 bits per heavy atom. The molecule has 25 heavy (non-hydrogen) atoms. The number of amides is 1. The Morgan fingerprint density at radius 3 is 2.68 bits per heavy atom. The number of nitrogens with one attached hydrogen (secondary N) is 1. The third-order valence-corrected chi connectivity index (χ3v) is 6.84. The minimum absolute atomic E-state index is 0.258. The zero-order valence-corrected chi connectivity index (χ0v) is 15.7. The van der Waals surface area contributed by atoms with Crippen molar-refractivity contribution in [1.29, 1.82) is 0 Å². The third-order valence-electron chi connectivity index (χ3n) is 4.01. The number of sulfonamides is 1. The minimum Gasteiger partial charge on any atom is -0.304 e. The zero-order chi connectivity index (χ0) is 18.0. The fourth-order valence-corrected chi connectivity index (χ4v) is 5.03. The summed E-state index contributed by atoms with van der Waals surface area (Å²) in [5, 5.41) is 3.13. The van der Waals surface area contributed by atoms with Crippen LogP contribution >= 0.6 is 11.3 Å². The lowest BCUT2D eigenvalue weighted by molar-refractivity contribution is -0.111. The van der Waals surface area contributed by atoms with Gasteiger partial charge in [-0.2, -0.15) is 4.31 Å². The van der Waals surface area contributed by atoms with Crippen molar-refractivity contribution < 1.29 is 13.2 Å². The van der Waals surface area contributed by atoms with Gasteiger partial charge in [-0.15, -0.1) is 0 Å². The number of aromatic nitrogens is 1. The number of thiazole rings is 1.